The summed E-state index contributed by atoms with van der Waals surface area (Å²) in [5.74, 6) is 0.594. The molecular formula is C30H18N6. The lowest BCUT2D eigenvalue weighted by Crippen LogP contribution is -2.02. The lowest BCUT2D eigenvalue weighted by Gasteiger charge is -2.09. The molecule has 0 saturated carbocycles. The topological polar surface area (TPSA) is 61.4 Å². The SMILES string of the molecule is c1ccc(-n2c3ccccc3c3c2ccc2c4ccccc4n(-c4ncc5cncnc5n4)c23)cc1. The van der Waals surface area contributed by atoms with Gasteiger partial charge in [-0.05, 0) is 30.3 Å². The van der Waals surface area contributed by atoms with Crippen LogP contribution in [-0.4, -0.2) is 29.1 Å². The molecular weight excluding hydrogens is 444 g/mol. The molecule has 0 atom stereocenters. The molecule has 6 nitrogen and oxygen atoms in total. The van der Waals surface area contributed by atoms with Gasteiger partial charge in [0, 0.05) is 39.6 Å². The maximum Gasteiger partial charge on any atom is 0.236 e. The molecule has 4 aromatic heterocycles. The van der Waals surface area contributed by atoms with Crippen molar-refractivity contribution in [2.75, 3.05) is 0 Å². The predicted octanol–water partition coefficient (Wildman–Crippen LogP) is 6.61. The Kier molecular flexibility index (Phi) is 3.85. The molecule has 0 unspecified atom stereocenters. The highest BCUT2D eigenvalue weighted by Crippen LogP contribution is 2.41. The molecule has 6 heteroatoms. The monoisotopic (exact) mass is 462 g/mol. The van der Waals surface area contributed by atoms with Crippen molar-refractivity contribution in [3.05, 3.63) is 110 Å². The first-order valence-corrected chi connectivity index (χ1v) is 11.8. The van der Waals surface area contributed by atoms with Crippen LogP contribution in [0.3, 0.4) is 0 Å². The van der Waals surface area contributed by atoms with E-state index in [4.69, 9.17) is 9.97 Å². The van der Waals surface area contributed by atoms with Crippen LogP contribution in [0.2, 0.25) is 0 Å². The van der Waals surface area contributed by atoms with E-state index < -0.39 is 0 Å². The van der Waals surface area contributed by atoms with Crippen LogP contribution >= 0.6 is 0 Å². The molecule has 168 valence electrons. The van der Waals surface area contributed by atoms with E-state index in [2.05, 4.69) is 104 Å². The summed E-state index contributed by atoms with van der Waals surface area (Å²) in [6, 6.07) is 32.0. The summed E-state index contributed by atoms with van der Waals surface area (Å²) < 4.78 is 4.51. The van der Waals surface area contributed by atoms with Crippen molar-refractivity contribution in [2.24, 2.45) is 0 Å². The van der Waals surface area contributed by atoms with Gasteiger partial charge in [0.15, 0.2) is 5.65 Å². The van der Waals surface area contributed by atoms with Crippen LogP contribution in [0.1, 0.15) is 0 Å². The highest BCUT2D eigenvalue weighted by atomic mass is 15.2. The van der Waals surface area contributed by atoms with Crippen LogP contribution in [0.4, 0.5) is 0 Å². The van der Waals surface area contributed by atoms with Gasteiger partial charge in [-0.2, -0.15) is 4.98 Å². The molecule has 4 heterocycles. The van der Waals surface area contributed by atoms with E-state index in [0.717, 1.165) is 38.5 Å². The molecule has 8 rings (SSSR count). The molecule has 0 amide bonds. The Morgan fingerprint density at radius 2 is 1.31 bits per heavy atom. The number of benzene rings is 4. The summed E-state index contributed by atoms with van der Waals surface area (Å²) in [5, 5.41) is 5.51. The summed E-state index contributed by atoms with van der Waals surface area (Å²) in [6.45, 7) is 0. The van der Waals surface area contributed by atoms with Crippen LogP contribution in [-0.2, 0) is 0 Å². The summed E-state index contributed by atoms with van der Waals surface area (Å²) in [7, 11) is 0. The smallest absolute Gasteiger partial charge is 0.236 e. The average molecular weight is 463 g/mol. The highest BCUT2D eigenvalue weighted by Gasteiger charge is 2.21. The van der Waals surface area contributed by atoms with E-state index in [9.17, 15) is 0 Å². The molecule has 0 saturated heterocycles. The zero-order valence-corrected chi connectivity index (χ0v) is 19.1. The van der Waals surface area contributed by atoms with Crippen molar-refractivity contribution in [2.45, 2.75) is 0 Å². The zero-order chi connectivity index (χ0) is 23.6. The molecule has 0 radical (unpaired) electrons. The second-order valence-corrected chi connectivity index (χ2v) is 8.87. The molecule has 0 fully saturated rings. The third-order valence-corrected chi connectivity index (χ3v) is 6.93. The van der Waals surface area contributed by atoms with Gasteiger partial charge in [-0.25, -0.2) is 15.0 Å². The minimum atomic E-state index is 0.594. The zero-order valence-electron chi connectivity index (χ0n) is 19.1. The van der Waals surface area contributed by atoms with E-state index in [0.29, 0.717) is 11.6 Å². The van der Waals surface area contributed by atoms with Gasteiger partial charge in [0.1, 0.15) is 6.33 Å². The summed E-state index contributed by atoms with van der Waals surface area (Å²) in [4.78, 5) is 18.1. The van der Waals surface area contributed by atoms with Gasteiger partial charge >= 0.3 is 0 Å². The number of rotatable bonds is 2. The van der Waals surface area contributed by atoms with E-state index in [-0.39, 0.29) is 0 Å². The predicted molar refractivity (Wildman–Crippen MR) is 144 cm³/mol. The molecule has 0 aliphatic rings. The highest BCUT2D eigenvalue weighted by molar-refractivity contribution is 6.26. The number of hydrogen-bond acceptors (Lipinski definition) is 4. The lowest BCUT2D eigenvalue weighted by molar-refractivity contribution is 0.998. The van der Waals surface area contributed by atoms with E-state index >= 15 is 0 Å². The summed E-state index contributed by atoms with van der Waals surface area (Å²) in [5.41, 5.74) is 6.21. The first kappa shape index (κ1) is 19.2. The lowest BCUT2D eigenvalue weighted by atomic mass is 10.1. The molecule has 36 heavy (non-hydrogen) atoms. The fraction of sp³-hybridized carbons (Fsp3) is 0. The first-order chi connectivity index (χ1) is 17.9. The first-order valence-electron chi connectivity index (χ1n) is 11.8. The number of para-hydroxylation sites is 3. The number of fused-ring (bicyclic) bond motifs is 8. The van der Waals surface area contributed by atoms with Crippen LogP contribution in [0, 0.1) is 0 Å². The van der Waals surface area contributed by atoms with Crippen molar-refractivity contribution >= 4 is 54.6 Å². The van der Waals surface area contributed by atoms with Crippen LogP contribution in [0.15, 0.2) is 110 Å². The Labute approximate surface area is 205 Å². The molecule has 0 spiro atoms. The van der Waals surface area contributed by atoms with Crippen molar-refractivity contribution in [3.8, 4) is 11.6 Å². The number of aromatic nitrogens is 6. The van der Waals surface area contributed by atoms with Gasteiger partial charge in [-0.3, -0.25) is 4.57 Å². The second-order valence-electron chi connectivity index (χ2n) is 8.87. The Bertz CT molecular complexity index is 2100. The third kappa shape index (κ3) is 2.55. The van der Waals surface area contributed by atoms with Crippen molar-refractivity contribution in [1.29, 1.82) is 0 Å². The molecule has 0 aliphatic carbocycles. The van der Waals surface area contributed by atoms with E-state index in [1.54, 1.807) is 12.4 Å². The van der Waals surface area contributed by atoms with Crippen LogP contribution < -0.4 is 0 Å². The maximum atomic E-state index is 4.86. The van der Waals surface area contributed by atoms with Gasteiger partial charge in [0.25, 0.3) is 0 Å². The Morgan fingerprint density at radius 3 is 2.17 bits per heavy atom. The van der Waals surface area contributed by atoms with Crippen LogP contribution in [0.5, 0.6) is 0 Å². The van der Waals surface area contributed by atoms with E-state index in [1.807, 2.05) is 6.07 Å². The van der Waals surface area contributed by atoms with Gasteiger partial charge < -0.3 is 4.57 Å². The standard InChI is InChI=1S/C30H18N6/c1-2-8-20(9-3-1)35-25-13-7-5-11-23(25)27-26(35)15-14-22-21-10-4-6-12-24(21)36(28(22)27)30-32-17-19-16-31-18-33-29(19)34-30/h1-18H. The number of hydrogen-bond donors (Lipinski definition) is 0. The normalized spacial score (nSPS) is 11.9. The molecule has 0 N–H and O–H groups in total. The fourth-order valence-corrected chi connectivity index (χ4v) is 5.45. The van der Waals surface area contributed by atoms with Crippen molar-refractivity contribution < 1.29 is 0 Å². The fourth-order valence-electron chi connectivity index (χ4n) is 5.45. The largest absolute Gasteiger partial charge is 0.309 e. The summed E-state index contributed by atoms with van der Waals surface area (Å²) in [6.07, 6.45) is 5.06. The average Bonchev–Trinajstić information content (AvgIpc) is 3.46. The Morgan fingerprint density at radius 1 is 0.556 bits per heavy atom. The van der Waals surface area contributed by atoms with Gasteiger partial charge in [0.2, 0.25) is 5.95 Å². The minimum Gasteiger partial charge on any atom is -0.309 e. The Balaban J connectivity index is 1.61. The molecule has 0 bridgehead atoms. The Hall–Kier alpha value is -5.10. The van der Waals surface area contributed by atoms with Gasteiger partial charge in [0.05, 0.1) is 27.5 Å². The number of nitrogens with zero attached hydrogens (tertiary/aromatic N) is 6. The quantitative estimate of drug-likeness (QED) is 0.290. The molecule has 4 aromatic carbocycles. The van der Waals surface area contributed by atoms with Crippen LogP contribution in [0.25, 0.3) is 66.3 Å². The van der Waals surface area contributed by atoms with Gasteiger partial charge in [-0.15, -0.1) is 0 Å². The molecule has 8 aromatic rings. The van der Waals surface area contributed by atoms with Crippen molar-refractivity contribution in [3.63, 3.8) is 0 Å². The maximum absolute atomic E-state index is 4.86. The van der Waals surface area contributed by atoms with Gasteiger partial charge in [-0.1, -0.05) is 60.7 Å². The third-order valence-electron chi connectivity index (χ3n) is 6.93. The van der Waals surface area contributed by atoms with E-state index in [1.165, 1.54) is 22.5 Å². The molecule has 0 aliphatic heterocycles. The van der Waals surface area contributed by atoms with Crippen molar-refractivity contribution in [1.82, 2.24) is 29.1 Å². The second kappa shape index (κ2) is 7.20. The minimum absolute atomic E-state index is 0.594. The summed E-state index contributed by atoms with van der Waals surface area (Å²) >= 11 is 0.